The first-order valence-electron chi connectivity index (χ1n) is 7.28. The highest BCUT2D eigenvalue weighted by Gasteiger charge is 2.16. The van der Waals surface area contributed by atoms with Crippen LogP contribution >= 0.6 is 0 Å². The Bertz CT molecular complexity index is 572. The van der Waals surface area contributed by atoms with Crippen molar-refractivity contribution in [3.63, 3.8) is 0 Å². The van der Waals surface area contributed by atoms with Crippen molar-refractivity contribution >= 4 is 17.0 Å². The number of benzene rings is 1. The zero-order valence-electron chi connectivity index (χ0n) is 11.8. The molecular formula is C15H21FN4. The highest BCUT2D eigenvalue weighted by atomic mass is 19.1. The molecule has 0 atom stereocenters. The lowest BCUT2D eigenvalue weighted by Crippen LogP contribution is -2.30. The summed E-state index contributed by atoms with van der Waals surface area (Å²) in [6.45, 7) is 3.32. The first kappa shape index (κ1) is 13.4. The van der Waals surface area contributed by atoms with E-state index in [-0.39, 0.29) is 5.82 Å². The van der Waals surface area contributed by atoms with Crippen molar-refractivity contribution in [2.75, 3.05) is 32.0 Å². The molecule has 3 rings (SSSR count). The number of hydrogen-bond donors (Lipinski definition) is 2. The van der Waals surface area contributed by atoms with E-state index >= 15 is 0 Å². The average Bonchev–Trinajstić information content (AvgIpc) is 2.83. The number of aromatic nitrogens is 2. The number of piperidine rings is 1. The molecule has 0 amide bonds. The molecule has 2 N–H and O–H groups in total. The second kappa shape index (κ2) is 5.79. The Morgan fingerprint density at radius 1 is 1.40 bits per heavy atom. The lowest BCUT2D eigenvalue weighted by molar-refractivity contribution is 0.215. The summed E-state index contributed by atoms with van der Waals surface area (Å²) in [5.74, 6) is 1.30. The maximum Gasteiger partial charge on any atom is 0.201 e. The third-order valence-corrected chi connectivity index (χ3v) is 4.13. The Morgan fingerprint density at radius 2 is 2.20 bits per heavy atom. The number of nitrogens with zero attached hydrogens (tertiary/aromatic N) is 2. The van der Waals surface area contributed by atoms with Crippen LogP contribution in [0.2, 0.25) is 0 Å². The minimum Gasteiger partial charge on any atom is -0.356 e. The number of nitrogens with one attached hydrogen (secondary N) is 2. The topological polar surface area (TPSA) is 44.0 Å². The van der Waals surface area contributed by atoms with Crippen molar-refractivity contribution < 1.29 is 4.39 Å². The molecule has 0 saturated carbocycles. The number of rotatable bonds is 4. The second-order valence-corrected chi connectivity index (χ2v) is 5.71. The number of imidazole rings is 1. The molecule has 108 valence electrons. The normalized spacial score (nSPS) is 17.7. The molecule has 0 aliphatic carbocycles. The van der Waals surface area contributed by atoms with Gasteiger partial charge in [0.1, 0.15) is 5.82 Å². The van der Waals surface area contributed by atoms with Gasteiger partial charge in [-0.2, -0.15) is 0 Å². The zero-order chi connectivity index (χ0) is 13.9. The smallest absolute Gasteiger partial charge is 0.201 e. The maximum absolute atomic E-state index is 13.1. The van der Waals surface area contributed by atoms with Crippen LogP contribution in [0.5, 0.6) is 0 Å². The molecule has 1 aromatic carbocycles. The van der Waals surface area contributed by atoms with Crippen LogP contribution in [0.4, 0.5) is 10.3 Å². The van der Waals surface area contributed by atoms with Gasteiger partial charge < -0.3 is 15.2 Å². The molecule has 1 saturated heterocycles. The lowest BCUT2D eigenvalue weighted by Gasteiger charge is -2.28. The molecule has 0 unspecified atom stereocenters. The molecule has 2 heterocycles. The molecule has 0 bridgehead atoms. The molecule has 5 heteroatoms. The number of fused-ring (bicyclic) bond motifs is 1. The fourth-order valence-corrected chi connectivity index (χ4v) is 2.81. The van der Waals surface area contributed by atoms with Crippen LogP contribution in [0.15, 0.2) is 18.2 Å². The van der Waals surface area contributed by atoms with Gasteiger partial charge in [-0.05, 0) is 63.5 Å². The van der Waals surface area contributed by atoms with E-state index in [9.17, 15) is 4.39 Å². The van der Waals surface area contributed by atoms with Crippen LogP contribution in [-0.2, 0) is 0 Å². The molecule has 0 spiro atoms. The third kappa shape index (κ3) is 3.10. The first-order chi connectivity index (χ1) is 9.70. The molecule has 1 aliphatic rings. The number of aromatic amines is 1. The molecule has 1 aromatic heterocycles. The fraction of sp³-hybridized carbons (Fsp3) is 0.533. The molecule has 1 fully saturated rings. The van der Waals surface area contributed by atoms with E-state index in [1.54, 1.807) is 6.07 Å². The minimum atomic E-state index is -0.237. The Balaban J connectivity index is 1.52. The summed E-state index contributed by atoms with van der Waals surface area (Å²) in [5, 5.41) is 3.31. The van der Waals surface area contributed by atoms with E-state index in [0.717, 1.165) is 29.4 Å². The molecule has 0 radical (unpaired) electrons. The summed E-state index contributed by atoms with van der Waals surface area (Å²) >= 11 is 0. The van der Waals surface area contributed by atoms with Crippen LogP contribution in [0, 0.1) is 11.7 Å². The van der Waals surface area contributed by atoms with Crippen LogP contribution in [-0.4, -0.2) is 41.5 Å². The van der Waals surface area contributed by atoms with Crippen molar-refractivity contribution in [1.29, 1.82) is 0 Å². The van der Waals surface area contributed by atoms with Gasteiger partial charge in [0.2, 0.25) is 5.95 Å². The van der Waals surface area contributed by atoms with Crippen molar-refractivity contribution in [1.82, 2.24) is 14.9 Å². The van der Waals surface area contributed by atoms with Gasteiger partial charge in [0.25, 0.3) is 0 Å². The quantitative estimate of drug-likeness (QED) is 0.902. The van der Waals surface area contributed by atoms with E-state index in [4.69, 9.17) is 0 Å². The summed E-state index contributed by atoms with van der Waals surface area (Å²) in [4.78, 5) is 9.90. The maximum atomic E-state index is 13.1. The Labute approximate surface area is 118 Å². The van der Waals surface area contributed by atoms with Gasteiger partial charge >= 0.3 is 0 Å². The Morgan fingerprint density at radius 3 is 3.00 bits per heavy atom. The van der Waals surface area contributed by atoms with Gasteiger partial charge in [0, 0.05) is 6.54 Å². The summed E-state index contributed by atoms with van der Waals surface area (Å²) in [6.07, 6.45) is 3.73. The van der Waals surface area contributed by atoms with E-state index < -0.39 is 0 Å². The largest absolute Gasteiger partial charge is 0.356 e. The van der Waals surface area contributed by atoms with Gasteiger partial charge in [0.15, 0.2) is 0 Å². The first-order valence-corrected chi connectivity index (χ1v) is 7.28. The van der Waals surface area contributed by atoms with Crippen LogP contribution < -0.4 is 5.32 Å². The minimum absolute atomic E-state index is 0.237. The molecule has 2 aromatic rings. The van der Waals surface area contributed by atoms with Crippen LogP contribution in [0.25, 0.3) is 11.0 Å². The van der Waals surface area contributed by atoms with E-state index in [1.807, 2.05) is 0 Å². The molecule has 20 heavy (non-hydrogen) atoms. The highest BCUT2D eigenvalue weighted by molar-refractivity contribution is 5.77. The van der Waals surface area contributed by atoms with Gasteiger partial charge in [-0.25, -0.2) is 9.37 Å². The van der Waals surface area contributed by atoms with Crippen molar-refractivity contribution in [3.8, 4) is 0 Å². The Kier molecular flexibility index (Phi) is 3.87. The predicted octanol–water partition coefficient (Wildman–Crippen LogP) is 2.85. The predicted molar refractivity (Wildman–Crippen MR) is 79.4 cm³/mol. The van der Waals surface area contributed by atoms with E-state index in [0.29, 0.717) is 0 Å². The lowest BCUT2D eigenvalue weighted by atomic mass is 9.94. The van der Waals surface area contributed by atoms with Crippen molar-refractivity contribution in [3.05, 3.63) is 24.0 Å². The van der Waals surface area contributed by atoms with E-state index in [2.05, 4.69) is 27.2 Å². The van der Waals surface area contributed by atoms with E-state index in [1.165, 1.54) is 44.5 Å². The summed E-state index contributed by atoms with van der Waals surface area (Å²) in [7, 11) is 2.18. The SMILES string of the molecule is CN1CCC(CCNc2nc3ccc(F)cc3[nH]2)CC1. The number of anilines is 1. The molecule has 4 nitrogen and oxygen atoms in total. The fourth-order valence-electron chi connectivity index (χ4n) is 2.81. The Hall–Kier alpha value is -1.62. The molecule has 1 aliphatic heterocycles. The van der Waals surface area contributed by atoms with Gasteiger partial charge in [0.05, 0.1) is 11.0 Å². The van der Waals surface area contributed by atoms with Crippen molar-refractivity contribution in [2.24, 2.45) is 5.92 Å². The van der Waals surface area contributed by atoms with Gasteiger partial charge in [-0.3, -0.25) is 0 Å². The van der Waals surface area contributed by atoms with Gasteiger partial charge in [-0.15, -0.1) is 0 Å². The highest BCUT2D eigenvalue weighted by Crippen LogP contribution is 2.20. The number of halogens is 1. The van der Waals surface area contributed by atoms with Crippen LogP contribution in [0.3, 0.4) is 0 Å². The summed E-state index contributed by atoms with van der Waals surface area (Å²) in [6, 6.07) is 4.61. The summed E-state index contributed by atoms with van der Waals surface area (Å²) < 4.78 is 13.1. The number of H-pyrrole nitrogens is 1. The molecular weight excluding hydrogens is 255 g/mol. The second-order valence-electron chi connectivity index (χ2n) is 5.71. The standard InChI is InChI=1S/C15H21FN4/c1-20-8-5-11(6-9-20)4-7-17-15-18-13-3-2-12(16)10-14(13)19-15/h2-3,10-11H,4-9H2,1H3,(H2,17,18,19). The zero-order valence-corrected chi connectivity index (χ0v) is 11.8. The van der Waals surface area contributed by atoms with Crippen LogP contribution in [0.1, 0.15) is 19.3 Å². The summed E-state index contributed by atoms with van der Waals surface area (Å²) in [5.41, 5.74) is 1.54. The third-order valence-electron chi connectivity index (χ3n) is 4.13. The van der Waals surface area contributed by atoms with Crippen molar-refractivity contribution in [2.45, 2.75) is 19.3 Å². The number of likely N-dealkylation sites (tertiary alicyclic amines) is 1. The number of hydrogen-bond acceptors (Lipinski definition) is 3. The monoisotopic (exact) mass is 276 g/mol. The average molecular weight is 276 g/mol. The van der Waals surface area contributed by atoms with Gasteiger partial charge in [-0.1, -0.05) is 0 Å².